The van der Waals surface area contributed by atoms with Crippen molar-refractivity contribution in [1.29, 1.82) is 0 Å². The summed E-state index contributed by atoms with van der Waals surface area (Å²) >= 11 is 0. The fourth-order valence-electron chi connectivity index (χ4n) is 3.61. The van der Waals surface area contributed by atoms with E-state index in [0.29, 0.717) is 70.7 Å². The van der Waals surface area contributed by atoms with Gasteiger partial charge in [0, 0.05) is 26.2 Å². The number of hydrogen-bond donors (Lipinski definition) is 1. The van der Waals surface area contributed by atoms with E-state index in [-0.39, 0.29) is 24.3 Å². The van der Waals surface area contributed by atoms with Crippen LogP contribution in [0, 0.1) is 5.82 Å². The second kappa shape index (κ2) is 12.3. The van der Waals surface area contributed by atoms with E-state index in [1.165, 1.54) is 0 Å². The SMILES string of the molecule is CCOc1cc(/C=N\Nc2ncc(F)c(N3CCOCC3)n2)ccc1OCC(=O)N1CCOCC1. The molecule has 2 aliphatic heterocycles. The number of morpholine rings is 2. The highest BCUT2D eigenvalue weighted by Crippen LogP contribution is 2.28. The Balaban J connectivity index is 1.37. The molecule has 2 saturated heterocycles. The van der Waals surface area contributed by atoms with Crippen LogP contribution in [0.5, 0.6) is 11.5 Å². The molecule has 12 heteroatoms. The third kappa shape index (κ3) is 6.76. The van der Waals surface area contributed by atoms with Gasteiger partial charge in [0.05, 0.1) is 45.4 Å². The van der Waals surface area contributed by atoms with Gasteiger partial charge in [-0.1, -0.05) is 0 Å². The summed E-state index contributed by atoms with van der Waals surface area (Å²) in [7, 11) is 0. The van der Waals surface area contributed by atoms with Crippen molar-refractivity contribution < 1.29 is 28.1 Å². The molecule has 35 heavy (non-hydrogen) atoms. The topological polar surface area (TPSA) is 111 Å². The third-order valence-electron chi connectivity index (χ3n) is 5.40. The Kier molecular flexibility index (Phi) is 8.63. The maximum Gasteiger partial charge on any atom is 0.260 e. The number of benzene rings is 1. The predicted molar refractivity (Wildman–Crippen MR) is 127 cm³/mol. The lowest BCUT2D eigenvalue weighted by molar-refractivity contribution is -0.137. The van der Waals surface area contributed by atoms with Crippen LogP contribution in [0.25, 0.3) is 0 Å². The number of nitrogens with zero attached hydrogens (tertiary/aromatic N) is 5. The molecule has 0 spiro atoms. The van der Waals surface area contributed by atoms with Crippen LogP contribution in [0.2, 0.25) is 0 Å². The molecule has 11 nitrogen and oxygen atoms in total. The lowest BCUT2D eigenvalue weighted by Gasteiger charge is -2.27. The van der Waals surface area contributed by atoms with Crippen molar-refractivity contribution in [2.45, 2.75) is 6.92 Å². The van der Waals surface area contributed by atoms with E-state index in [4.69, 9.17) is 18.9 Å². The molecule has 0 saturated carbocycles. The number of carbonyl (C=O) groups excluding carboxylic acids is 1. The first-order valence-corrected chi connectivity index (χ1v) is 11.5. The van der Waals surface area contributed by atoms with Crippen LogP contribution >= 0.6 is 0 Å². The first-order chi connectivity index (χ1) is 17.1. The molecule has 0 bridgehead atoms. The van der Waals surface area contributed by atoms with Crippen molar-refractivity contribution in [1.82, 2.24) is 14.9 Å². The summed E-state index contributed by atoms with van der Waals surface area (Å²) in [6.45, 7) is 6.58. The van der Waals surface area contributed by atoms with Crippen LogP contribution in [0.15, 0.2) is 29.5 Å². The zero-order valence-corrected chi connectivity index (χ0v) is 19.6. The molecule has 1 aromatic heterocycles. The van der Waals surface area contributed by atoms with Crippen LogP contribution < -0.4 is 19.8 Å². The van der Waals surface area contributed by atoms with Gasteiger partial charge in [0.1, 0.15) is 0 Å². The Hall–Kier alpha value is -3.51. The number of carbonyl (C=O) groups is 1. The van der Waals surface area contributed by atoms with E-state index in [1.54, 1.807) is 29.3 Å². The molecular weight excluding hydrogens is 459 g/mol. The van der Waals surface area contributed by atoms with Gasteiger partial charge in [0.2, 0.25) is 5.95 Å². The first kappa shape index (κ1) is 24.6. The Morgan fingerprint density at radius 1 is 1.14 bits per heavy atom. The van der Waals surface area contributed by atoms with Crippen molar-refractivity contribution in [2.75, 3.05) is 76.1 Å². The number of amides is 1. The fourth-order valence-corrected chi connectivity index (χ4v) is 3.61. The Bertz CT molecular complexity index is 1030. The van der Waals surface area contributed by atoms with Gasteiger partial charge >= 0.3 is 0 Å². The maximum absolute atomic E-state index is 14.2. The van der Waals surface area contributed by atoms with Gasteiger partial charge < -0.3 is 28.7 Å². The molecule has 2 aromatic rings. The monoisotopic (exact) mass is 488 g/mol. The minimum atomic E-state index is -0.495. The summed E-state index contributed by atoms with van der Waals surface area (Å²) in [5, 5.41) is 4.16. The van der Waals surface area contributed by atoms with Gasteiger partial charge in [-0.05, 0) is 30.7 Å². The van der Waals surface area contributed by atoms with Gasteiger partial charge in [-0.3, -0.25) is 4.79 Å². The number of anilines is 2. The van der Waals surface area contributed by atoms with E-state index >= 15 is 0 Å². The summed E-state index contributed by atoms with van der Waals surface area (Å²) in [6.07, 6.45) is 2.68. The highest BCUT2D eigenvalue weighted by Gasteiger charge is 2.19. The molecule has 3 heterocycles. The van der Waals surface area contributed by atoms with Gasteiger partial charge in [0.15, 0.2) is 29.7 Å². The molecule has 2 aliphatic rings. The molecule has 4 rings (SSSR count). The molecule has 0 unspecified atom stereocenters. The molecule has 0 radical (unpaired) electrons. The number of rotatable bonds is 9. The molecule has 188 valence electrons. The molecule has 0 atom stereocenters. The predicted octanol–water partition coefficient (Wildman–Crippen LogP) is 1.53. The third-order valence-corrected chi connectivity index (χ3v) is 5.40. The number of halogens is 1. The minimum Gasteiger partial charge on any atom is -0.490 e. The zero-order chi connectivity index (χ0) is 24.5. The normalized spacial score (nSPS) is 16.4. The van der Waals surface area contributed by atoms with Crippen molar-refractivity contribution in [3.8, 4) is 11.5 Å². The quantitative estimate of drug-likeness (QED) is 0.415. The van der Waals surface area contributed by atoms with Crippen LogP contribution in [-0.4, -0.2) is 92.8 Å². The van der Waals surface area contributed by atoms with Crippen molar-refractivity contribution in [3.63, 3.8) is 0 Å². The Morgan fingerprint density at radius 3 is 2.63 bits per heavy atom. The van der Waals surface area contributed by atoms with Crippen molar-refractivity contribution in [2.24, 2.45) is 5.10 Å². The smallest absolute Gasteiger partial charge is 0.260 e. The van der Waals surface area contributed by atoms with Crippen LogP contribution in [0.3, 0.4) is 0 Å². The second-order valence-corrected chi connectivity index (χ2v) is 7.76. The fraction of sp³-hybridized carbons (Fsp3) is 0.478. The van der Waals surface area contributed by atoms with Crippen molar-refractivity contribution in [3.05, 3.63) is 35.8 Å². The van der Waals surface area contributed by atoms with Gasteiger partial charge in [-0.25, -0.2) is 14.8 Å². The molecule has 0 aliphatic carbocycles. The molecular formula is C23H29FN6O5. The Labute approximate surface area is 202 Å². The highest BCUT2D eigenvalue weighted by atomic mass is 19.1. The lowest BCUT2D eigenvalue weighted by atomic mass is 10.2. The number of nitrogens with one attached hydrogen (secondary N) is 1. The largest absolute Gasteiger partial charge is 0.490 e. The van der Waals surface area contributed by atoms with E-state index in [2.05, 4.69) is 20.5 Å². The first-order valence-electron chi connectivity index (χ1n) is 11.5. The summed E-state index contributed by atoms with van der Waals surface area (Å²) < 4.78 is 36.2. The average molecular weight is 489 g/mol. The number of aromatic nitrogens is 2. The average Bonchev–Trinajstić information content (AvgIpc) is 2.90. The molecule has 2 fully saturated rings. The molecule has 1 aromatic carbocycles. The van der Waals surface area contributed by atoms with E-state index < -0.39 is 5.82 Å². The summed E-state index contributed by atoms with van der Waals surface area (Å²) in [5.41, 5.74) is 3.46. The van der Waals surface area contributed by atoms with E-state index in [0.717, 1.165) is 11.8 Å². The number of ether oxygens (including phenoxy) is 4. The van der Waals surface area contributed by atoms with E-state index in [9.17, 15) is 9.18 Å². The minimum absolute atomic E-state index is 0.0809. The number of hydrogen-bond acceptors (Lipinski definition) is 10. The molecule has 1 amide bonds. The molecule has 1 N–H and O–H groups in total. The van der Waals surface area contributed by atoms with Crippen molar-refractivity contribution >= 4 is 23.9 Å². The summed E-state index contributed by atoms with van der Waals surface area (Å²) in [6, 6.07) is 5.27. The van der Waals surface area contributed by atoms with Gasteiger partial charge in [0.25, 0.3) is 5.91 Å². The van der Waals surface area contributed by atoms with Crippen LogP contribution in [0.4, 0.5) is 16.2 Å². The van der Waals surface area contributed by atoms with E-state index in [1.807, 2.05) is 11.8 Å². The second-order valence-electron chi connectivity index (χ2n) is 7.76. The Morgan fingerprint density at radius 2 is 1.89 bits per heavy atom. The lowest BCUT2D eigenvalue weighted by Crippen LogP contribution is -2.43. The highest BCUT2D eigenvalue weighted by molar-refractivity contribution is 5.81. The standard InChI is InChI=1S/C23H29FN6O5/c1-2-34-20-13-17(3-4-19(20)35-16-21(31)29-5-9-32-10-6-29)14-26-28-23-25-15-18(24)22(27-23)30-7-11-33-12-8-30/h3-4,13-15H,2,5-12,16H2,1H3,(H,25,27,28)/b26-14-. The zero-order valence-electron chi connectivity index (χ0n) is 19.6. The van der Waals surface area contributed by atoms with Gasteiger partial charge in [-0.15, -0.1) is 0 Å². The summed E-state index contributed by atoms with van der Waals surface area (Å²) in [4.78, 5) is 24.1. The maximum atomic E-state index is 14.2. The summed E-state index contributed by atoms with van der Waals surface area (Å²) in [5.74, 6) is 0.768. The van der Waals surface area contributed by atoms with Crippen LogP contribution in [0.1, 0.15) is 12.5 Å². The van der Waals surface area contributed by atoms with Gasteiger partial charge in [-0.2, -0.15) is 10.1 Å². The van der Waals surface area contributed by atoms with Crippen LogP contribution in [-0.2, 0) is 14.3 Å². The number of hydrazone groups is 1.